The SMILES string of the molecule is O=C(O)c1n[nH]c2c1CCN(C(=O)Cn1c(=O)oc3ccccc31)C2. The first-order chi connectivity index (χ1) is 12.0. The maximum atomic E-state index is 12.6. The van der Waals surface area contributed by atoms with Crippen molar-refractivity contribution in [1.29, 1.82) is 0 Å². The molecule has 0 fully saturated rings. The molecule has 1 amide bonds. The summed E-state index contributed by atoms with van der Waals surface area (Å²) in [5.41, 5.74) is 2.23. The molecule has 1 aromatic carbocycles. The van der Waals surface area contributed by atoms with Gasteiger partial charge in [-0.2, -0.15) is 5.10 Å². The van der Waals surface area contributed by atoms with Gasteiger partial charge in [0.15, 0.2) is 11.3 Å². The van der Waals surface area contributed by atoms with Crippen LogP contribution >= 0.6 is 0 Å². The molecular weight excluding hydrogens is 328 g/mol. The van der Waals surface area contributed by atoms with Crippen molar-refractivity contribution in [2.45, 2.75) is 19.5 Å². The van der Waals surface area contributed by atoms with Crippen LogP contribution in [-0.2, 0) is 24.3 Å². The highest BCUT2D eigenvalue weighted by Crippen LogP contribution is 2.21. The fourth-order valence-corrected chi connectivity index (χ4v) is 3.11. The number of H-pyrrole nitrogens is 1. The predicted molar refractivity (Wildman–Crippen MR) is 85.1 cm³/mol. The van der Waals surface area contributed by atoms with Gasteiger partial charge in [-0.1, -0.05) is 12.1 Å². The zero-order valence-electron chi connectivity index (χ0n) is 13.1. The summed E-state index contributed by atoms with van der Waals surface area (Å²) >= 11 is 0. The van der Waals surface area contributed by atoms with Crippen molar-refractivity contribution in [3.05, 3.63) is 51.8 Å². The molecule has 0 saturated carbocycles. The lowest BCUT2D eigenvalue weighted by Gasteiger charge is -2.26. The lowest BCUT2D eigenvalue weighted by molar-refractivity contribution is -0.132. The smallest absolute Gasteiger partial charge is 0.420 e. The number of hydrogen-bond acceptors (Lipinski definition) is 5. The van der Waals surface area contributed by atoms with E-state index in [-0.39, 0.29) is 24.7 Å². The number of nitrogens with one attached hydrogen (secondary N) is 1. The first-order valence-electron chi connectivity index (χ1n) is 7.70. The topological polar surface area (TPSA) is 121 Å². The number of para-hydroxylation sites is 2. The fraction of sp³-hybridized carbons (Fsp3) is 0.250. The summed E-state index contributed by atoms with van der Waals surface area (Å²) in [6.45, 7) is 0.472. The number of carbonyl (C=O) groups is 2. The molecule has 3 aromatic rings. The van der Waals surface area contributed by atoms with E-state index in [1.165, 1.54) is 4.57 Å². The van der Waals surface area contributed by atoms with E-state index in [0.29, 0.717) is 35.3 Å². The molecule has 0 unspecified atom stereocenters. The molecule has 2 aromatic heterocycles. The number of aromatic nitrogens is 3. The van der Waals surface area contributed by atoms with E-state index in [1.807, 2.05) is 0 Å². The number of amides is 1. The van der Waals surface area contributed by atoms with E-state index in [0.717, 1.165) is 0 Å². The minimum atomic E-state index is -1.09. The Bertz CT molecular complexity index is 1040. The first kappa shape index (κ1) is 15.2. The molecule has 128 valence electrons. The number of hydrogen-bond donors (Lipinski definition) is 2. The Morgan fingerprint density at radius 3 is 2.92 bits per heavy atom. The molecule has 9 nitrogen and oxygen atoms in total. The molecule has 0 saturated heterocycles. The van der Waals surface area contributed by atoms with Gasteiger partial charge in [0.25, 0.3) is 0 Å². The van der Waals surface area contributed by atoms with Crippen LogP contribution in [0, 0.1) is 0 Å². The Labute approximate surface area is 140 Å². The molecule has 0 aliphatic carbocycles. The third-order valence-corrected chi connectivity index (χ3v) is 4.36. The standard InChI is InChI=1S/C16H14N4O5/c21-13(8-20-11-3-1-2-4-12(11)25-16(20)24)19-6-5-9-10(7-19)17-18-14(9)15(22)23/h1-4H,5-8H2,(H,17,18)(H,22,23). The number of nitrogens with zero attached hydrogens (tertiary/aromatic N) is 3. The molecule has 2 N–H and O–H groups in total. The van der Waals surface area contributed by atoms with Gasteiger partial charge in [-0.05, 0) is 18.6 Å². The maximum absolute atomic E-state index is 12.6. The first-order valence-corrected chi connectivity index (χ1v) is 7.70. The highest BCUT2D eigenvalue weighted by Gasteiger charge is 2.27. The molecule has 0 radical (unpaired) electrons. The van der Waals surface area contributed by atoms with Gasteiger partial charge in [-0.25, -0.2) is 9.59 Å². The van der Waals surface area contributed by atoms with Crippen LogP contribution in [0.15, 0.2) is 33.5 Å². The molecule has 0 atom stereocenters. The number of carboxylic acids is 1. The second-order valence-corrected chi connectivity index (χ2v) is 5.82. The van der Waals surface area contributed by atoms with Gasteiger partial charge in [0.2, 0.25) is 5.91 Å². The van der Waals surface area contributed by atoms with E-state index in [4.69, 9.17) is 9.52 Å². The average molecular weight is 342 g/mol. The maximum Gasteiger partial charge on any atom is 0.420 e. The second-order valence-electron chi connectivity index (χ2n) is 5.82. The van der Waals surface area contributed by atoms with Gasteiger partial charge in [-0.3, -0.25) is 14.5 Å². The van der Waals surface area contributed by atoms with E-state index >= 15 is 0 Å². The van der Waals surface area contributed by atoms with Gasteiger partial charge in [0, 0.05) is 12.1 Å². The molecule has 25 heavy (non-hydrogen) atoms. The summed E-state index contributed by atoms with van der Waals surface area (Å²) < 4.78 is 6.42. The molecule has 0 bridgehead atoms. The molecular formula is C16H14N4O5. The third-order valence-electron chi connectivity index (χ3n) is 4.36. The van der Waals surface area contributed by atoms with Gasteiger partial charge in [-0.15, -0.1) is 0 Å². The van der Waals surface area contributed by atoms with Crippen LogP contribution in [0.25, 0.3) is 11.1 Å². The number of fused-ring (bicyclic) bond motifs is 2. The largest absolute Gasteiger partial charge is 0.476 e. The molecule has 1 aliphatic rings. The Hall–Kier alpha value is -3.36. The van der Waals surface area contributed by atoms with Gasteiger partial charge >= 0.3 is 11.7 Å². The minimum Gasteiger partial charge on any atom is -0.476 e. The number of aromatic carboxylic acids is 1. The van der Waals surface area contributed by atoms with Crippen LogP contribution in [0.2, 0.25) is 0 Å². The van der Waals surface area contributed by atoms with E-state index < -0.39 is 11.7 Å². The summed E-state index contributed by atoms with van der Waals surface area (Å²) in [5.74, 6) is -1.92. The van der Waals surface area contributed by atoms with Crippen LogP contribution in [0.5, 0.6) is 0 Å². The zero-order valence-corrected chi connectivity index (χ0v) is 13.1. The van der Waals surface area contributed by atoms with E-state index in [1.54, 1.807) is 29.2 Å². The number of aromatic amines is 1. The summed E-state index contributed by atoms with van der Waals surface area (Å²) in [4.78, 5) is 37.2. The molecule has 4 rings (SSSR count). The average Bonchev–Trinajstić information content (AvgIpc) is 3.16. The van der Waals surface area contributed by atoms with Crippen molar-refractivity contribution >= 4 is 23.0 Å². The zero-order chi connectivity index (χ0) is 17.6. The number of carbonyl (C=O) groups excluding carboxylic acids is 1. The number of rotatable bonds is 3. The highest BCUT2D eigenvalue weighted by atomic mass is 16.4. The Morgan fingerprint density at radius 1 is 1.32 bits per heavy atom. The summed E-state index contributed by atoms with van der Waals surface area (Å²) in [5, 5.41) is 15.6. The number of benzene rings is 1. The highest BCUT2D eigenvalue weighted by molar-refractivity contribution is 5.87. The van der Waals surface area contributed by atoms with Crippen LogP contribution in [0.3, 0.4) is 0 Å². The summed E-state index contributed by atoms with van der Waals surface area (Å²) in [6, 6.07) is 6.91. The molecule has 0 spiro atoms. The number of oxazole rings is 1. The van der Waals surface area contributed by atoms with Crippen molar-refractivity contribution in [2.75, 3.05) is 6.54 Å². The van der Waals surface area contributed by atoms with Crippen LogP contribution in [0.4, 0.5) is 0 Å². The Balaban J connectivity index is 1.57. The van der Waals surface area contributed by atoms with Crippen LogP contribution in [0.1, 0.15) is 21.7 Å². The monoisotopic (exact) mass is 342 g/mol. The van der Waals surface area contributed by atoms with Gasteiger partial charge in [0.1, 0.15) is 6.54 Å². The minimum absolute atomic E-state index is 0.000790. The van der Waals surface area contributed by atoms with E-state index in [9.17, 15) is 14.4 Å². The van der Waals surface area contributed by atoms with Crippen molar-refractivity contribution < 1.29 is 19.1 Å². The quantitative estimate of drug-likeness (QED) is 0.719. The van der Waals surface area contributed by atoms with Crippen molar-refractivity contribution in [3.8, 4) is 0 Å². The third kappa shape index (κ3) is 2.49. The summed E-state index contributed by atoms with van der Waals surface area (Å²) in [6.07, 6.45) is 0.403. The predicted octanol–water partition coefficient (Wildman–Crippen LogP) is 0.601. The lowest BCUT2D eigenvalue weighted by atomic mass is 10.0. The Morgan fingerprint density at radius 2 is 2.12 bits per heavy atom. The van der Waals surface area contributed by atoms with Crippen LogP contribution in [-0.4, -0.2) is 43.2 Å². The number of carboxylic acid groups (broad SMARTS) is 1. The van der Waals surface area contributed by atoms with Crippen LogP contribution < -0.4 is 5.76 Å². The van der Waals surface area contributed by atoms with Gasteiger partial charge in [0.05, 0.1) is 17.8 Å². The molecule has 9 heteroatoms. The Kier molecular flexibility index (Phi) is 3.41. The second kappa shape index (κ2) is 5.62. The van der Waals surface area contributed by atoms with Crippen molar-refractivity contribution in [1.82, 2.24) is 19.7 Å². The summed E-state index contributed by atoms with van der Waals surface area (Å²) in [7, 11) is 0. The normalized spacial score (nSPS) is 13.8. The lowest BCUT2D eigenvalue weighted by Crippen LogP contribution is -2.39. The fourth-order valence-electron chi connectivity index (χ4n) is 3.11. The molecule has 1 aliphatic heterocycles. The van der Waals surface area contributed by atoms with Gasteiger partial charge < -0.3 is 14.4 Å². The van der Waals surface area contributed by atoms with Crippen molar-refractivity contribution in [2.24, 2.45) is 0 Å². The van der Waals surface area contributed by atoms with E-state index in [2.05, 4.69) is 10.2 Å². The van der Waals surface area contributed by atoms with Crippen molar-refractivity contribution in [3.63, 3.8) is 0 Å². The molecule has 3 heterocycles.